The molecule has 0 aromatic heterocycles. The Bertz CT molecular complexity index is 527. The van der Waals surface area contributed by atoms with Crippen LogP contribution in [0, 0.1) is 13.8 Å². The first-order valence-electron chi connectivity index (χ1n) is 5.15. The van der Waals surface area contributed by atoms with Gasteiger partial charge in [0.05, 0.1) is 5.57 Å². The van der Waals surface area contributed by atoms with E-state index in [1.54, 1.807) is 6.92 Å². The molecule has 0 atom stereocenters. The quantitative estimate of drug-likeness (QED) is 0.725. The Morgan fingerprint density at radius 3 is 2.19 bits per heavy atom. The van der Waals surface area contributed by atoms with Gasteiger partial charge in [-0.15, -0.1) is 0 Å². The van der Waals surface area contributed by atoms with Crippen molar-refractivity contribution >= 4 is 17.4 Å². The molecule has 1 aliphatic rings. The molecular formula is C13H13NO2. The van der Waals surface area contributed by atoms with Crippen LogP contribution in [0.2, 0.25) is 0 Å². The van der Waals surface area contributed by atoms with Gasteiger partial charge >= 0.3 is 0 Å². The van der Waals surface area contributed by atoms with E-state index in [0.29, 0.717) is 11.1 Å². The van der Waals surface area contributed by atoms with Crippen molar-refractivity contribution in [1.29, 1.82) is 0 Å². The summed E-state index contributed by atoms with van der Waals surface area (Å²) in [6.07, 6.45) is 0. The molecule has 2 rings (SSSR count). The van der Waals surface area contributed by atoms with Gasteiger partial charge < -0.3 is 0 Å². The molecule has 3 nitrogen and oxygen atoms in total. The highest BCUT2D eigenvalue weighted by molar-refractivity contribution is 6.35. The standard InChI is InChI=1S/C13H13NO2/c1-7-4-5-10(8(2)6-7)11-9(3)12(15)14-13(11)16/h4-6H,1-3H3,(H,14,15,16). The molecule has 1 heterocycles. The Kier molecular flexibility index (Phi) is 2.38. The van der Waals surface area contributed by atoms with Crippen LogP contribution in [0.4, 0.5) is 0 Å². The fourth-order valence-electron chi connectivity index (χ4n) is 1.96. The van der Waals surface area contributed by atoms with E-state index >= 15 is 0 Å². The monoisotopic (exact) mass is 215 g/mol. The zero-order valence-corrected chi connectivity index (χ0v) is 9.55. The second-order valence-electron chi connectivity index (χ2n) is 4.10. The van der Waals surface area contributed by atoms with E-state index in [4.69, 9.17) is 0 Å². The maximum absolute atomic E-state index is 11.6. The number of aryl methyl sites for hydroxylation is 2. The molecule has 1 aromatic rings. The summed E-state index contributed by atoms with van der Waals surface area (Å²) in [6, 6.07) is 5.84. The number of hydrogen-bond acceptors (Lipinski definition) is 2. The molecule has 0 spiro atoms. The predicted octanol–water partition coefficient (Wildman–Crippen LogP) is 1.73. The predicted molar refractivity (Wildman–Crippen MR) is 61.7 cm³/mol. The minimum absolute atomic E-state index is 0.292. The highest BCUT2D eigenvalue weighted by Crippen LogP contribution is 2.26. The molecule has 0 saturated carbocycles. The molecule has 0 radical (unpaired) electrons. The third kappa shape index (κ3) is 1.54. The molecule has 2 amide bonds. The lowest BCUT2D eigenvalue weighted by molar-refractivity contribution is -0.123. The van der Waals surface area contributed by atoms with Crippen LogP contribution in [0.1, 0.15) is 23.6 Å². The van der Waals surface area contributed by atoms with Gasteiger partial charge in [0, 0.05) is 5.57 Å². The van der Waals surface area contributed by atoms with Crippen molar-refractivity contribution in [2.24, 2.45) is 0 Å². The second kappa shape index (κ2) is 3.59. The molecule has 0 bridgehead atoms. The van der Waals surface area contributed by atoms with Gasteiger partial charge in [0.1, 0.15) is 0 Å². The van der Waals surface area contributed by atoms with Crippen LogP contribution in [0.3, 0.4) is 0 Å². The van der Waals surface area contributed by atoms with Crippen molar-refractivity contribution in [3.63, 3.8) is 0 Å². The average Bonchev–Trinajstić information content (AvgIpc) is 2.43. The van der Waals surface area contributed by atoms with E-state index in [-0.39, 0.29) is 11.8 Å². The molecule has 3 heteroatoms. The molecule has 0 unspecified atom stereocenters. The Morgan fingerprint density at radius 1 is 1.00 bits per heavy atom. The summed E-state index contributed by atoms with van der Waals surface area (Å²) in [5, 5.41) is 2.31. The van der Waals surface area contributed by atoms with Crippen molar-refractivity contribution in [3.8, 4) is 0 Å². The van der Waals surface area contributed by atoms with Gasteiger partial charge in [-0.25, -0.2) is 0 Å². The van der Waals surface area contributed by atoms with E-state index in [2.05, 4.69) is 5.32 Å². The van der Waals surface area contributed by atoms with Gasteiger partial charge in [0.15, 0.2) is 0 Å². The fraction of sp³-hybridized carbons (Fsp3) is 0.231. The van der Waals surface area contributed by atoms with Crippen molar-refractivity contribution in [3.05, 3.63) is 40.5 Å². The van der Waals surface area contributed by atoms with Crippen LogP contribution in [0.15, 0.2) is 23.8 Å². The lowest BCUT2D eigenvalue weighted by atomic mass is 9.96. The molecular weight excluding hydrogens is 202 g/mol. The SMILES string of the molecule is CC1=C(c2ccc(C)cc2C)C(=O)NC1=O. The molecule has 0 aliphatic carbocycles. The average molecular weight is 215 g/mol. The van der Waals surface area contributed by atoms with E-state index in [0.717, 1.165) is 16.7 Å². The summed E-state index contributed by atoms with van der Waals surface area (Å²) in [6.45, 7) is 5.62. The van der Waals surface area contributed by atoms with Crippen LogP contribution in [0.5, 0.6) is 0 Å². The number of carbonyl (C=O) groups is 2. The highest BCUT2D eigenvalue weighted by atomic mass is 16.2. The third-order valence-corrected chi connectivity index (χ3v) is 2.82. The summed E-state index contributed by atoms with van der Waals surface area (Å²) in [5.74, 6) is -0.588. The van der Waals surface area contributed by atoms with Crippen LogP contribution in [-0.2, 0) is 9.59 Å². The van der Waals surface area contributed by atoms with Gasteiger partial charge in [-0.2, -0.15) is 0 Å². The van der Waals surface area contributed by atoms with Crippen molar-refractivity contribution in [2.45, 2.75) is 20.8 Å². The number of amides is 2. The van der Waals surface area contributed by atoms with Crippen molar-refractivity contribution in [2.75, 3.05) is 0 Å². The summed E-state index contributed by atoms with van der Waals surface area (Å²) < 4.78 is 0. The Balaban J connectivity index is 2.61. The van der Waals surface area contributed by atoms with Gasteiger partial charge in [-0.05, 0) is 31.9 Å². The molecule has 1 aromatic carbocycles. The molecule has 0 saturated heterocycles. The number of benzene rings is 1. The Morgan fingerprint density at radius 2 is 1.69 bits per heavy atom. The smallest absolute Gasteiger partial charge is 0.259 e. The number of nitrogens with one attached hydrogen (secondary N) is 1. The van der Waals surface area contributed by atoms with E-state index < -0.39 is 0 Å². The van der Waals surface area contributed by atoms with Gasteiger partial charge in [-0.1, -0.05) is 23.8 Å². The Hall–Kier alpha value is -1.90. The molecule has 16 heavy (non-hydrogen) atoms. The number of hydrogen-bond donors (Lipinski definition) is 1. The minimum Gasteiger partial charge on any atom is -0.288 e. The first kappa shape index (κ1) is 10.6. The molecule has 1 aliphatic heterocycles. The lowest BCUT2D eigenvalue weighted by Gasteiger charge is -2.06. The van der Waals surface area contributed by atoms with Crippen LogP contribution >= 0.6 is 0 Å². The van der Waals surface area contributed by atoms with E-state index in [1.165, 1.54) is 0 Å². The molecule has 82 valence electrons. The van der Waals surface area contributed by atoms with E-state index in [1.807, 2.05) is 32.0 Å². The van der Waals surface area contributed by atoms with Gasteiger partial charge in [-0.3, -0.25) is 14.9 Å². The summed E-state index contributed by atoms with van der Waals surface area (Å²) in [5.41, 5.74) is 3.99. The van der Waals surface area contributed by atoms with Crippen LogP contribution in [-0.4, -0.2) is 11.8 Å². The van der Waals surface area contributed by atoms with E-state index in [9.17, 15) is 9.59 Å². The number of imide groups is 1. The van der Waals surface area contributed by atoms with Gasteiger partial charge in [0.2, 0.25) is 0 Å². The van der Waals surface area contributed by atoms with Crippen LogP contribution in [0.25, 0.3) is 5.57 Å². The topological polar surface area (TPSA) is 46.2 Å². The maximum Gasteiger partial charge on any atom is 0.259 e. The minimum atomic E-state index is -0.297. The summed E-state index contributed by atoms with van der Waals surface area (Å²) in [7, 11) is 0. The van der Waals surface area contributed by atoms with Crippen LogP contribution < -0.4 is 5.32 Å². The molecule has 0 fully saturated rings. The Labute approximate surface area is 94.2 Å². The normalized spacial score (nSPS) is 15.7. The molecule has 1 N–H and O–H groups in total. The zero-order valence-electron chi connectivity index (χ0n) is 9.55. The lowest BCUT2D eigenvalue weighted by Crippen LogP contribution is -2.22. The summed E-state index contributed by atoms with van der Waals surface area (Å²) in [4.78, 5) is 23.0. The zero-order chi connectivity index (χ0) is 11.9. The largest absolute Gasteiger partial charge is 0.288 e. The maximum atomic E-state index is 11.6. The number of rotatable bonds is 1. The first-order chi connectivity index (χ1) is 7.50. The summed E-state index contributed by atoms with van der Waals surface area (Å²) >= 11 is 0. The first-order valence-corrected chi connectivity index (χ1v) is 5.15. The highest BCUT2D eigenvalue weighted by Gasteiger charge is 2.28. The number of carbonyl (C=O) groups excluding carboxylic acids is 2. The third-order valence-electron chi connectivity index (χ3n) is 2.82. The van der Waals surface area contributed by atoms with Crippen molar-refractivity contribution < 1.29 is 9.59 Å². The fourth-order valence-corrected chi connectivity index (χ4v) is 1.96. The van der Waals surface area contributed by atoms with Gasteiger partial charge in [0.25, 0.3) is 11.8 Å². The van der Waals surface area contributed by atoms with Crippen molar-refractivity contribution in [1.82, 2.24) is 5.32 Å². The second-order valence-corrected chi connectivity index (χ2v) is 4.10.